The van der Waals surface area contributed by atoms with Crippen LogP contribution in [0, 0.1) is 6.92 Å². The highest BCUT2D eigenvalue weighted by atomic mass is 19.3. The van der Waals surface area contributed by atoms with E-state index in [1.807, 2.05) is 12.1 Å². The highest BCUT2D eigenvalue weighted by Gasteiger charge is 2.22. The van der Waals surface area contributed by atoms with Gasteiger partial charge in [0.25, 0.3) is 0 Å². The van der Waals surface area contributed by atoms with E-state index in [0.717, 1.165) is 0 Å². The minimum Gasteiger partial charge on any atom is -0.457 e. The summed E-state index contributed by atoms with van der Waals surface area (Å²) >= 11 is 0. The number of carbonyl (C=O) groups is 1. The van der Waals surface area contributed by atoms with Crippen LogP contribution in [0.25, 0.3) is 22.1 Å². The summed E-state index contributed by atoms with van der Waals surface area (Å²) in [7, 11) is 0. The minimum atomic E-state index is -3.08. The van der Waals surface area contributed by atoms with E-state index in [9.17, 15) is 13.6 Å². The number of pyridine rings is 1. The molecule has 1 amide bonds. The molecule has 2 aromatic carbocycles. The molecule has 0 aliphatic carbocycles. The van der Waals surface area contributed by atoms with Gasteiger partial charge in [0.15, 0.2) is 11.6 Å². The van der Waals surface area contributed by atoms with Crippen molar-refractivity contribution in [3.8, 4) is 17.2 Å². The van der Waals surface area contributed by atoms with Gasteiger partial charge in [0.1, 0.15) is 40.2 Å². The number of ether oxygens (including phenoxy) is 2. The number of amides is 1. The second-order valence-corrected chi connectivity index (χ2v) is 9.47. The zero-order valence-corrected chi connectivity index (χ0v) is 22.4. The minimum absolute atomic E-state index is 0.106. The summed E-state index contributed by atoms with van der Waals surface area (Å²) in [4.78, 5) is 29.2. The third-order valence-corrected chi connectivity index (χ3v) is 6.82. The Morgan fingerprint density at radius 1 is 1.02 bits per heavy atom. The second-order valence-electron chi connectivity index (χ2n) is 9.47. The lowest BCUT2D eigenvalue weighted by atomic mass is 10.1. The molecule has 42 heavy (non-hydrogen) atoms. The van der Waals surface area contributed by atoms with Crippen LogP contribution in [0.15, 0.2) is 61.4 Å². The summed E-state index contributed by atoms with van der Waals surface area (Å²) in [6.45, 7) is 4.51. The van der Waals surface area contributed by atoms with Gasteiger partial charge in [0.2, 0.25) is 5.91 Å². The largest absolute Gasteiger partial charge is 0.457 e. The number of rotatable bonds is 8. The number of hydrogen-bond donors (Lipinski definition) is 2. The number of nitrogens with zero attached hydrogens (tertiary/aromatic N) is 7. The van der Waals surface area contributed by atoms with Crippen molar-refractivity contribution >= 4 is 45.3 Å². The first-order valence-corrected chi connectivity index (χ1v) is 13.0. The van der Waals surface area contributed by atoms with Gasteiger partial charge in [0, 0.05) is 38.3 Å². The first-order valence-electron chi connectivity index (χ1n) is 13.0. The molecule has 5 aromatic rings. The maximum atomic E-state index is 13.5. The first kappa shape index (κ1) is 26.8. The van der Waals surface area contributed by atoms with Crippen molar-refractivity contribution in [3.05, 3.63) is 67.0 Å². The molecular formula is C28H25F2N9O3. The summed E-state index contributed by atoms with van der Waals surface area (Å²) in [6, 6.07) is 11.8. The highest BCUT2D eigenvalue weighted by Crippen LogP contribution is 2.38. The number of piperazine rings is 1. The van der Waals surface area contributed by atoms with E-state index in [-0.39, 0.29) is 17.3 Å². The van der Waals surface area contributed by atoms with Crippen molar-refractivity contribution in [1.82, 2.24) is 35.3 Å². The smallest absolute Gasteiger partial charge is 0.387 e. The number of halogens is 2. The summed E-state index contributed by atoms with van der Waals surface area (Å²) in [5.41, 5.74) is 3.17. The molecule has 1 fully saturated rings. The van der Waals surface area contributed by atoms with Crippen LogP contribution in [-0.2, 0) is 4.79 Å². The lowest BCUT2D eigenvalue weighted by Gasteiger charge is -2.35. The van der Waals surface area contributed by atoms with E-state index in [0.29, 0.717) is 76.9 Å². The molecule has 0 atom stereocenters. The Morgan fingerprint density at radius 2 is 1.81 bits per heavy atom. The van der Waals surface area contributed by atoms with Gasteiger partial charge >= 0.3 is 6.61 Å². The van der Waals surface area contributed by atoms with E-state index >= 15 is 0 Å². The number of aromatic nitrogens is 6. The van der Waals surface area contributed by atoms with Gasteiger partial charge in [-0.25, -0.2) is 15.0 Å². The van der Waals surface area contributed by atoms with Crippen molar-refractivity contribution in [2.45, 2.75) is 13.5 Å². The number of H-pyrrole nitrogens is 1. The van der Waals surface area contributed by atoms with Crippen molar-refractivity contribution in [2.75, 3.05) is 36.4 Å². The van der Waals surface area contributed by atoms with Crippen LogP contribution >= 0.6 is 0 Å². The van der Waals surface area contributed by atoms with E-state index < -0.39 is 6.61 Å². The molecule has 214 valence electrons. The van der Waals surface area contributed by atoms with Crippen molar-refractivity contribution in [3.63, 3.8) is 0 Å². The monoisotopic (exact) mass is 573 g/mol. The number of benzene rings is 2. The summed E-state index contributed by atoms with van der Waals surface area (Å²) in [5.74, 6) is 1.52. The molecule has 0 spiro atoms. The van der Waals surface area contributed by atoms with Crippen LogP contribution in [0.4, 0.5) is 26.1 Å². The molecule has 2 N–H and O–H groups in total. The molecule has 0 unspecified atom stereocenters. The number of fused-ring (bicyclic) bond motifs is 2. The van der Waals surface area contributed by atoms with E-state index in [1.165, 1.54) is 18.5 Å². The Bertz CT molecular complexity index is 1790. The zero-order chi connectivity index (χ0) is 29.2. The van der Waals surface area contributed by atoms with E-state index in [4.69, 9.17) is 14.5 Å². The molecule has 0 bridgehead atoms. The van der Waals surface area contributed by atoms with Gasteiger partial charge in [-0.1, -0.05) is 6.58 Å². The van der Waals surface area contributed by atoms with Gasteiger partial charge in [-0.2, -0.15) is 24.2 Å². The highest BCUT2D eigenvalue weighted by molar-refractivity contribution is 5.89. The topological polar surface area (TPSA) is 134 Å². The standard InChI is InChI=1S/C28H25F2N9O3/c1-3-25(40)39-10-8-38(9-11-39)24-7-6-19-26(34-24)27(32-15-31-19)33-21-12-16(2)22(14-23(21)42-28(29)30)41-17-4-5-18-20(13-17)36-37-35-18/h3-7,12-15,28H,1,8-11H2,2H3,(H,31,32,33)(H,35,36,37). The number of carbonyl (C=O) groups excluding carboxylic acids is 1. The lowest BCUT2D eigenvalue weighted by Crippen LogP contribution is -2.48. The van der Waals surface area contributed by atoms with Gasteiger partial charge < -0.3 is 24.6 Å². The average Bonchev–Trinajstić information content (AvgIpc) is 3.47. The average molecular weight is 574 g/mol. The van der Waals surface area contributed by atoms with Gasteiger partial charge in [-0.15, -0.1) is 0 Å². The number of anilines is 3. The number of hydrogen-bond acceptors (Lipinski definition) is 10. The summed E-state index contributed by atoms with van der Waals surface area (Å²) < 4.78 is 37.8. The summed E-state index contributed by atoms with van der Waals surface area (Å²) in [5, 5.41) is 13.7. The predicted octanol–water partition coefficient (Wildman–Crippen LogP) is 4.58. The van der Waals surface area contributed by atoms with Gasteiger partial charge in [-0.05, 0) is 48.9 Å². The van der Waals surface area contributed by atoms with Gasteiger partial charge in [0.05, 0.1) is 11.2 Å². The third-order valence-electron chi connectivity index (χ3n) is 6.82. The number of alkyl halides is 2. The van der Waals surface area contributed by atoms with E-state index in [1.54, 1.807) is 36.1 Å². The fraction of sp³-hybridized carbons (Fsp3) is 0.214. The molecular weight excluding hydrogens is 548 g/mol. The molecule has 1 aliphatic heterocycles. The molecule has 6 rings (SSSR count). The zero-order valence-electron chi connectivity index (χ0n) is 22.4. The molecule has 4 heterocycles. The SMILES string of the molecule is C=CC(=O)N1CCN(c2ccc3ncnc(Nc4cc(C)c(Oc5ccc6n[nH]nc6c5)cc4OC(F)F)c3n2)CC1. The van der Waals surface area contributed by atoms with Crippen LogP contribution < -0.4 is 19.7 Å². The maximum absolute atomic E-state index is 13.5. The Hall–Kier alpha value is -5.40. The number of aromatic amines is 1. The van der Waals surface area contributed by atoms with Crippen molar-refractivity contribution in [1.29, 1.82) is 0 Å². The fourth-order valence-corrected chi connectivity index (χ4v) is 4.69. The lowest BCUT2D eigenvalue weighted by molar-refractivity contribution is -0.126. The molecule has 0 radical (unpaired) electrons. The van der Waals surface area contributed by atoms with E-state index in [2.05, 4.69) is 42.2 Å². The van der Waals surface area contributed by atoms with Crippen LogP contribution in [0.2, 0.25) is 0 Å². The van der Waals surface area contributed by atoms with Crippen molar-refractivity contribution in [2.24, 2.45) is 0 Å². The number of nitrogens with one attached hydrogen (secondary N) is 2. The Kier molecular flexibility index (Phi) is 7.17. The van der Waals surface area contributed by atoms with Gasteiger partial charge in [-0.3, -0.25) is 4.79 Å². The summed E-state index contributed by atoms with van der Waals surface area (Å²) in [6.07, 6.45) is 2.67. The molecule has 1 saturated heterocycles. The van der Waals surface area contributed by atoms with Crippen LogP contribution in [-0.4, -0.2) is 74.0 Å². The van der Waals surface area contributed by atoms with Crippen LogP contribution in [0.5, 0.6) is 17.2 Å². The van der Waals surface area contributed by atoms with Crippen LogP contribution in [0.3, 0.4) is 0 Å². The Balaban J connectivity index is 1.29. The molecule has 1 aliphatic rings. The fourth-order valence-electron chi connectivity index (χ4n) is 4.69. The Labute approximate surface area is 238 Å². The first-order chi connectivity index (χ1) is 20.4. The molecule has 3 aromatic heterocycles. The quantitative estimate of drug-likeness (QED) is 0.254. The molecule has 0 saturated carbocycles. The molecule has 14 heteroatoms. The third kappa shape index (κ3) is 5.46. The predicted molar refractivity (Wildman–Crippen MR) is 151 cm³/mol. The second kappa shape index (κ2) is 11.2. The molecule has 12 nitrogen and oxygen atoms in total. The van der Waals surface area contributed by atoms with Crippen LogP contribution in [0.1, 0.15) is 5.56 Å². The Morgan fingerprint density at radius 3 is 2.60 bits per heavy atom. The normalized spacial score (nSPS) is 13.5. The maximum Gasteiger partial charge on any atom is 0.387 e. The number of aryl methyl sites for hydroxylation is 1. The van der Waals surface area contributed by atoms with Crippen molar-refractivity contribution < 1.29 is 23.0 Å².